The summed E-state index contributed by atoms with van der Waals surface area (Å²) >= 11 is 0. The number of carbonyl (C=O) groups is 2. The van der Waals surface area contributed by atoms with Crippen molar-refractivity contribution in [3.8, 4) is 11.5 Å². The molecule has 0 radical (unpaired) electrons. The lowest BCUT2D eigenvalue weighted by atomic mass is 10.1. The van der Waals surface area contributed by atoms with Gasteiger partial charge in [-0.1, -0.05) is 48.0 Å². The van der Waals surface area contributed by atoms with Gasteiger partial charge in [0.15, 0.2) is 0 Å². The molecule has 4 nitrogen and oxygen atoms in total. The first kappa shape index (κ1) is 19.4. The number of aryl methyl sites for hydroxylation is 2. The minimum atomic E-state index is -0.413. The topological polar surface area (TPSA) is 52.6 Å². The zero-order valence-corrected chi connectivity index (χ0v) is 16.7. The highest BCUT2D eigenvalue weighted by atomic mass is 16.5. The Morgan fingerprint density at radius 3 is 2.10 bits per heavy atom. The van der Waals surface area contributed by atoms with Crippen molar-refractivity contribution in [1.29, 1.82) is 0 Å². The van der Waals surface area contributed by atoms with Gasteiger partial charge in [0, 0.05) is 0 Å². The van der Waals surface area contributed by atoms with E-state index >= 15 is 0 Å². The van der Waals surface area contributed by atoms with Crippen LogP contribution in [-0.4, -0.2) is 11.9 Å². The van der Waals surface area contributed by atoms with Crippen molar-refractivity contribution in [3.05, 3.63) is 107 Å². The number of rotatable bonds is 4. The van der Waals surface area contributed by atoms with E-state index in [0.29, 0.717) is 22.6 Å². The summed E-state index contributed by atoms with van der Waals surface area (Å²) in [6.07, 6.45) is 0. The molecule has 30 heavy (non-hydrogen) atoms. The van der Waals surface area contributed by atoms with Crippen molar-refractivity contribution in [3.63, 3.8) is 0 Å². The van der Waals surface area contributed by atoms with Crippen LogP contribution in [0.1, 0.15) is 31.8 Å². The third-order valence-electron chi connectivity index (χ3n) is 4.80. The average Bonchev–Trinajstić information content (AvgIpc) is 2.76. The zero-order chi connectivity index (χ0) is 21.1. The average molecular weight is 396 g/mol. The first-order chi connectivity index (χ1) is 14.5. The maximum atomic E-state index is 12.6. The van der Waals surface area contributed by atoms with Crippen molar-refractivity contribution in [2.45, 2.75) is 13.8 Å². The van der Waals surface area contributed by atoms with Gasteiger partial charge in [-0.25, -0.2) is 9.59 Å². The van der Waals surface area contributed by atoms with Gasteiger partial charge in [-0.15, -0.1) is 0 Å². The fourth-order valence-electron chi connectivity index (χ4n) is 3.23. The van der Waals surface area contributed by atoms with Crippen LogP contribution in [0.3, 0.4) is 0 Å². The summed E-state index contributed by atoms with van der Waals surface area (Å²) < 4.78 is 11.0. The van der Waals surface area contributed by atoms with Crippen LogP contribution in [0.4, 0.5) is 0 Å². The molecule has 0 spiro atoms. The minimum Gasteiger partial charge on any atom is -0.423 e. The van der Waals surface area contributed by atoms with Crippen LogP contribution in [0.25, 0.3) is 10.8 Å². The van der Waals surface area contributed by atoms with E-state index in [1.807, 2.05) is 44.2 Å². The Morgan fingerprint density at radius 2 is 1.33 bits per heavy atom. The van der Waals surface area contributed by atoms with E-state index in [4.69, 9.17) is 9.47 Å². The quantitative estimate of drug-likeness (QED) is 0.319. The fraction of sp³-hybridized carbons (Fsp3) is 0.0769. The van der Waals surface area contributed by atoms with E-state index in [1.165, 1.54) is 0 Å². The van der Waals surface area contributed by atoms with Gasteiger partial charge in [-0.2, -0.15) is 0 Å². The molecule has 4 aromatic rings. The Kier molecular flexibility index (Phi) is 5.31. The molecule has 0 saturated carbocycles. The lowest BCUT2D eigenvalue weighted by Crippen LogP contribution is -2.09. The molecule has 4 heteroatoms. The highest BCUT2D eigenvalue weighted by Gasteiger charge is 2.12. The predicted molar refractivity (Wildman–Crippen MR) is 116 cm³/mol. The number of carbonyl (C=O) groups excluding carboxylic acids is 2. The highest BCUT2D eigenvalue weighted by Crippen LogP contribution is 2.25. The van der Waals surface area contributed by atoms with Gasteiger partial charge < -0.3 is 9.47 Å². The molecule has 0 bridgehead atoms. The minimum absolute atomic E-state index is 0.413. The number of hydrogen-bond donors (Lipinski definition) is 0. The van der Waals surface area contributed by atoms with Crippen LogP contribution >= 0.6 is 0 Å². The molecular weight excluding hydrogens is 376 g/mol. The van der Waals surface area contributed by atoms with Gasteiger partial charge in [0.05, 0.1) is 11.1 Å². The Balaban J connectivity index is 1.52. The molecule has 0 saturated heterocycles. The molecule has 148 valence electrons. The molecule has 0 heterocycles. The van der Waals surface area contributed by atoms with Crippen LogP contribution in [0, 0.1) is 13.8 Å². The second-order valence-corrected chi connectivity index (χ2v) is 7.14. The zero-order valence-electron chi connectivity index (χ0n) is 16.7. The van der Waals surface area contributed by atoms with Crippen LogP contribution in [0.5, 0.6) is 11.5 Å². The van der Waals surface area contributed by atoms with Gasteiger partial charge in [0.1, 0.15) is 11.5 Å². The van der Waals surface area contributed by atoms with Crippen molar-refractivity contribution in [2.24, 2.45) is 0 Å². The van der Waals surface area contributed by atoms with Crippen molar-refractivity contribution in [1.82, 2.24) is 0 Å². The molecule has 0 fully saturated rings. The standard InChI is InChI=1S/C26H20O4/c1-17-8-13-24(18(2)14-17)30-26(28)22-10-9-21-16-23(12-11-20(21)15-22)29-25(27)19-6-4-3-5-7-19/h3-16H,1-2H3. The Bertz CT molecular complexity index is 1240. The van der Waals surface area contributed by atoms with Gasteiger partial charge in [0.2, 0.25) is 0 Å². The number of fused-ring (bicyclic) bond motifs is 1. The summed E-state index contributed by atoms with van der Waals surface area (Å²) in [6, 6.07) is 25.1. The SMILES string of the molecule is Cc1ccc(OC(=O)c2ccc3cc(OC(=O)c4ccccc4)ccc3c2)c(C)c1. The molecule has 0 aromatic heterocycles. The molecule has 0 unspecified atom stereocenters. The third-order valence-corrected chi connectivity index (χ3v) is 4.80. The van der Waals surface area contributed by atoms with Gasteiger partial charge in [-0.3, -0.25) is 0 Å². The van der Waals surface area contributed by atoms with Gasteiger partial charge >= 0.3 is 11.9 Å². The van der Waals surface area contributed by atoms with E-state index in [-0.39, 0.29) is 0 Å². The van der Waals surface area contributed by atoms with Crippen LogP contribution in [0.15, 0.2) is 84.9 Å². The summed E-state index contributed by atoms with van der Waals surface area (Å²) in [6.45, 7) is 3.90. The summed E-state index contributed by atoms with van der Waals surface area (Å²) in [4.78, 5) is 24.8. The summed E-state index contributed by atoms with van der Waals surface area (Å²) in [5, 5.41) is 1.71. The predicted octanol–water partition coefficient (Wildman–Crippen LogP) is 5.90. The molecule has 4 aromatic carbocycles. The van der Waals surface area contributed by atoms with Gasteiger partial charge in [0.25, 0.3) is 0 Å². The molecule has 0 aliphatic rings. The monoisotopic (exact) mass is 396 g/mol. The van der Waals surface area contributed by atoms with Crippen molar-refractivity contribution in [2.75, 3.05) is 0 Å². The normalized spacial score (nSPS) is 10.6. The Labute approximate surface area is 174 Å². The fourth-order valence-corrected chi connectivity index (χ4v) is 3.23. The largest absolute Gasteiger partial charge is 0.423 e. The number of benzene rings is 4. The number of esters is 2. The van der Waals surface area contributed by atoms with E-state index < -0.39 is 11.9 Å². The van der Waals surface area contributed by atoms with E-state index in [1.54, 1.807) is 54.6 Å². The highest BCUT2D eigenvalue weighted by molar-refractivity contribution is 5.97. The Morgan fingerprint density at radius 1 is 0.633 bits per heavy atom. The molecule has 0 aliphatic carbocycles. The molecule has 0 atom stereocenters. The van der Waals surface area contributed by atoms with Crippen LogP contribution in [0.2, 0.25) is 0 Å². The Hall–Kier alpha value is -3.92. The first-order valence-corrected chi connectivity index (χ1v) is 9.60. The molecular formula is C26H20O4. The van der Waals surface area contributed by atoms with Crippen LogP contribution < -0.4 is 9.47 Å². The molecule has 4 rings (SSSR count). The van der Waals surface area contributed by atoms with E-state index in [0.717, 1.165) is 21.9 Å². The van der Waals surface area contributed by atoms with Crippen molar-refractivity contribution >= 4 is 22.7 Å². The van der Waals surface area contributed by atoms with E-state index in [9.17, 15) is 9.59 Å². The van der Waals surface area contributed by atoms with E-state index in [2.05, 4.69) is 0 Å². The molecule has 0 aliphatic heterocycles. The maximum absolute atomic E-state index is 12.6. The van der Waals surface area contributed by atoms with Gasteiger partial charge in [-0.05, 0) is 72.6 Å². The second-order valence-electron chi connectivity index (χ2n) is 7.14. The second kappa shape index (κ2) is 8.21. The lowest BCUT2D eigenvalue weighted by molar-refractivity contribution is 0.0725. The number of hydrogen-bond acceptors (Lipinski definition) is 4. The number of ether oxygens (including phenoxy) is 2. The molecule has 0 amide bonds. The summed E-state index contributed by atoms with van der Waals surface area (Å²) in [5.41, 5.74) is 2.97. The smallest absolute Gasteiger partial charge is 0.343 e. The lowest BCUT2D eigenvalue weighted by Gasteiger charge is -2.09. The summed E-state index contributed by atoms with van der Waals surface area (Å²) in [5.74, 6) is 0.169. The molecule has 0 N–H and O–H groups in total. The summed E-state index contributed by atoms with van der Waals surface area (Å²) in [7, 11) is 0. The third kappa shape index (κ3) is 4.23. The van der Waals surface area contributed by atoms with Crippen LogP contribution in [-0.2, 0) is 0 Å². The van der Waals surface area contributed by atoms with Crippen molar-refractivity contribution < 1.29 is 19.1 Å². The first-order valence-electron chi connectivity index (χ1n) is 9.60. The maximum Gasteiger partial charge on any atom is 0.343 e.